The van der Waals surface area contributed by atoms with E-state index in [4.69, 9.17) is 19.9 Å². The zero-order chi connectivity index (χ0) is 26.7. The number of hydrogen-bond donors (Lipinski definition) is 0. The Bertz CT molecular complexity index is 1940. The van der Waals surface area contributed by atoms with Crippen molar-refractivity contribution in [1.29, 1.82) is 0 Å². The second-order valence-electron chi connectivity index (χ2n) is 9.58. The molecule has 0 radical (unpaired) electrons. The van der Waals surface area contributed by atoms with Crippen LogP contribution in [-0.2, 0) is 0 Å². The van der Waals surface area contributed by atoms with Crippen LogP contribution in [0, 0.1) is 0 Å². The van der Waals surface area contributed by atoms with Crippen LogP contribution < -0.4 is 0 Å². The highest BCUT2D eigenvalue weighted by Gasteiger charge is 2.14. The summed E-state index contributed by atoms with van der Waals surface area (Å²) in [6.07, 6.45) is 1.86. The first-order valence-corrected chi connectivity index (χ1v) is 13.2. The minimum Gasteiger partial charge on any atom is -0.256 e. The first kappa shape index (κ1) is 23.6. The van der Waals surface area contributed by atoms with E-state index < -0.39 is 0 Å². The third-order valence-electron chi connectivity index (χ3n) is 6.96. The Labute approximate surface area is 232 Å². The molecule has 0 saturated heterocycles. The van der Waals surface area contributed by atoms with Crippen molar-refractivity contribution in [3.8, 4) is 56.5 Å². The topological polar surface area (TPSA) is 51.6 Å². The molecule has 0 aliphatic carbocycles. The van der Waals surface area contributed by atoms with Crippen molar-refractivity contribution >= 4 is 10.8 Å². The number of nitrogens with zero attached hydrogens (tertiary/aromatic N) is 4. The van der Waals surface area contributed by atoms with Gasteiger partial charge in [0.15, 0.2) is 17.5 Å². The van der Waals surface area contributed by atoms with Gasteiger partial charge < -0.3 is 0 Å². The number of aromatic nitrogens is 4. The van der Waals surface area contributed by atoms with Gasteiger partial charge in [-0.05, 0) is 34.7 Å². The molecule has 0 saturated carbocycles. The molecule has 0 aliphatic rings. The SMILES string of the molecule is c1ccc(-c2cccc(-c3nc(-c4ccccc4)nc(-c4cccc(-c5nccc6ccccc56)c4)n3)c2)cc1. The molecule has 7 aromatic rings. The molecule has 2 heterocycles. The first-order valence-electron chi connectivity index (χ1n) is 13.2. The molecule has 7 rings (SSSR count). The molecule has 0 aliphatic heterocycles. The van der Waals surface area contributed by atoms with Crippen LogP contribution >= 0.6 is 0 Å². The summed E-state index contributed by atoms with van der Waals surface area (Å²) in [7, 11) is 0. The van der Waals surface area contributed by atoms with Gasteiger partial charge in [0.1, 0.15) is 0 Å². The molecule has 4 nitrogen and oxygen atoms in total. The van der Waals surface area contributed by atoms with E-state index in [2.05, 4.69) is 60.7 Å². The Morgan fingerprint density at radius 1 is 0.350 bits per heavy atom. The predicted molar refractivity (Wildman–Crippen MR) is 162 cm³/mol. The highest BCUT2D eigenvalue weighted by Crippen LogP contribution is 2.31. The van der Waals surface area contributed by atoms with Crippen LogP contribution in [0.5, 0.6) is 0 Å². The van der Waals surface area contributed by atoms with Gasteiger partial charge in [0.05, 0.1) is 5.69 Å². The Kier molecular flexibility index (Phi) is 6.11. The monoisotopic (exact) mass is 512 g/mol. The molecule has 0 N–H and O–H groups in total. The summed E-state index contributed by atoms with van der Waals surface area (Å²) in [5, 5.41) is 2.27. The number of hydrogen-bond acceptors (Lipinski definition) is 4. The number of pyridine rings is 1. The molecular formula is C36H24N4. The maximum Gasteiger partial charge on any atom is 0.164 e. The van der Waals surface area contributed by atoms with E-state index in [1.807, 2.05) is 85.1 Å². The third kappa shape index (κ3) is 4.63. The molecule has 5 aromatic carbocycles. The van der Waals surface area contributed by atoms with Crippen LogP contribution in [0.25, 0.3) is 67.3 Å². The fourth-order valence-corrected chi connectivity index (χ4v) is 4.97. The largest absolute Gasteiger partial charge is 0.256 e. The molecule has 0 atom stereocenters. The van der Waals surface area contributed by atoms with Crippen LogP contribution in [0.15, 0.2) is 146 Å². The van der Waals surface area contributed by atoms with Gasteiger partial charge in [0.2, 0.25) is 0 Å². The lowest BCUT2D eigenvalue weighted by molar-refractivity contribution is 1.07. The summed E-state index contributed by atoms with van der Waals surface area (Å²) in [6, 6.07) is 47.4. The lowest BCUT2D eigenvalue weighted by atomic mass is 10.0. The second-order valence-corrected chi connectivity index (χ2v) is 9.58. The Morgan fingerprint density at radius 3 is 1.55 bits per heavy atom. The molecule has 0 bridgehead atoms. The van der Waals surface area contributed by atoms with Crippen molar-refractivity contribution in [1.82, 2.24) is 19.9 Å². The summed E-state index contributed by atoms with van der Waals surface area (Å²) in [5.74, 6) is 1.89. The highest BCUT2D eigenvalue weighted by atomic mass is 15.0. The van der Waals surface area contributed by atoms with Crippen molar-refractivity contribution in [2.24, 2.45) is 0 Å². The Balaban J connectivity index is 1.38. The summed E-state index contributed by atoms with van der Waals surface area (Å²) >= 11 is 0. The van der Waals surface area contributed by atoms with Crippen LogP contribution in [0.1, 0.15) is 0 Å². The van der Waals surface area contributed by atoms with Gasteiger partial charge in [0, 0.05) is 33.8 Å². The zero-order valence-corrected chi connectivity index (χ0v) is 21.6. The van der Waals surface area contributed by atoms with Gasteiger partial charge in [-0.3, -0.25) is 4.98 Å². The lowest BCUT2D eigenvalue weighted by Gasteiger charge is -2.11. The van der Waals surface area contributed by atoms with Crippen LogP contribution in [0.3, 0.4) is 0 Å². The molecule has 0 spiro atoms. The Morgan fingerprint density at radius 2 is 0.850 bits per heavy atom. The first-order chi connectivity index (χ1) is 19.8. The van der Waals surface area contributed by atoms with Crippen molar-refractivity contribution in [2.75, 3.05) is 0 Å². The molecule has 2 aromatic heterocycles. The average Bonchev–Trinajstić information content (AvgIpc) is 3.05. The average molecular weight is 513 g/mol. The van der Waals surface area contributed by atoms with E-state index in [-0.39, 0.29) is 0 Å². The highest BCUT2D eigenvalue weighted by molar-refractivity contribution is 5.95. The quantitative estimate of drug-likeness (QED) is 0.231. The number of fused-ring (bicyclic) bond motifs is 1. The molecule has 0 unspecified atom stereocenters. The van der Waals surface area contributed by atoms with Crippen LogP contribution in [0.4, 0.5) is 0 Å². The number of rotatable bonds is 5. The van der Waals surface area contributed by atoms with Crippen LogP contribution in [-0.4, -0.2) is 19.9 Å². The standard InChI is InChI=1S/C36H24N4/c1-3-11-25(12-4-1)28-16-9-18-30(23-28)35-38-34(27-14-5-2-6-15-27)39-36(40-35)31-19-10-17-29(24-31)33-32-20-8-7-13-26(32)21-22-37-33/h1-24H. The fraction of sp³-hybridized carbons (Fsp3) is 0. The van der Waals surface area contributed by atoms with E-state index >= 15 is 0 Å². The third-order valence-corrected chi connectivity index (χ3v) is 6.96. The molecule has 0 fully saturated rings. The van der Waals surface area contributed by atoms with Crippen LogP contribution in [0.2, 0.25) is 0 Å². The minimum atomic E-state index is 0.621. The summed E-state index contributed by atoms with van der Waals surface area (Å²) in [5.41, 5.74) is 7.01. The van der Waals surface area contributed by atoms with Gasteiger partial charge in [-0.1, -0.05) is 121 Å². The van der Waals surface area contributed by atoms with Gasteiger partial charge in [-0.25, -0.2) is 15.0 Å². The van der Waals surface area contributed by atoms with E-state index in [0.29, 0.717) is 17.5 Å². The molecule has 0 amide bonds. The molecule has 4 heteroatoms. The maximum absolute atomic E-state index is 4.99. The fourth-order valence-electron chi connectivity index (χ4n) is 4.97. The zero-order valence-electron chi connectivity index (χ0n) is 21.6. The summed E-state index contributed by atoms with van der Waals surface area (Å²) < 4.78 is 0. The second kappa shape index (κ2) is 10.4. The van der Waals surface area contributed by atoms with Gasteiger partial charge >= 0.3 is 0 Å². The van der Waals surface area contributed by atoms with Crippen molar-refractivity contribution in [3.63, 3.8) is 0 Å². The molecule has 188 valence electrons. The smallest absolute Gasteiger partial charge is 0.164 e. The van der Waals surface area contributed by atoms with Gasteiger partial charge in [-0.15, -0.1) is 0 Å². The van der Waals surface area contributed by atoms with Gasteiger partial charge in [0.25, 0.3) is 0 Å². The normalized spacial score (nSPS) is 11.0. The number of benzene rings is 5. The van der Waals surface area contributed by atoms with E-state index in [1.54, 1.807) is 0 Å². The molecular weight excluding hydrogens is 488 g/mol. The predicted octanol–water partition coefficient (Wildman–Crippen LogP) is 8.75. The Hall–Kier alpha value is -5.48. The van der Waals surface area contributed by atoms with Crippen molar-refractivity contribution in [2.45, 2.75) is 0 Å². The lowest BCUT2D eigenvalue weighted by Crippen LogP contribution is -2.00. The maximum atomic E-state index is 4.99. The van der Waals surface area contributed by atoms with E-state index in [1.165, 1.54) is 0 Å². The molecule has 40 heavy (non-hydrogen) atoms. The van der Waals surface area contributed by atoms with E-state index in [9.17, 15) is 0 Å². The van der Waals surface area contributed by atoms with Crippen molar-refractivity contribution < 1.29 is 0 Å². The van der Waals surface area contributed by atoms with E-state index in [0.717, 1.165) is 49.8 Å². The summed E-state index contributed by atoms with van der Waals surface area (Å²) in [6.45, 7) is 0. The summed E-state index contributed by atoms with van der Waals surface area (Å²) in [4.78, 5) is 19.6. The van der Waals surface area contributed by atoms with Gasteiger partial charge in [-0.2, -0.15) is 0 Å². The van der Waals surface area contributed by atoms with Crippen molar-refractivity contribution in [3.05, 3.63) is 146 Å². The minimum absolute atomic E-state index is 0.621.